The summed E-state index contributed by atoms with van der Waals surface area (Å²) < 4.78 is 5.16. The molecule has 1 atom stereocenters. The van der Waals surface area contributed by atoms with Crippen LogP contribution >= 0.6 is 23.2 Å². The van der Waals surface area contributed by atoms with Gasteiger partial charge in [-0.2, -0.15) is 0 Å². The molecule has 0 radical (unpaired) electrons. The van der Waals surface area contributed by atoms with E-state index in [1.54, 1.807) is 18.2 Å². The lowest BCUT2D eigenvalue weighted by atomic mass is 9.49. The summed E-state index contributed by atoms with van der Waals surface area (Å²) in [6.45, 7) is 1.21. The van der Waals surface area contributed by atoms with E-state index < -0.39 is 18.0 Å². The number of carbonyl (C=O) groups is 3. The number of hydrogen-bond donors (Lipinski definition) is 2. The molecule has 31 heavy (non-hydrogen) atoms. The Hall–Kier alpha value is -1.79. The highest BCUT2D eigenvalue weighted by Crippen LogP contribution is 2.61. The van der Waals surface area contributed by atoms with Gasteiger partial charge in [0.2, 0.25) is 5.91 Å². The number of rotatable bonds is 7. The van der Waals surface area contributed by atoms with Gasteiger partial charge in [0.1, 0.15) is 6.54 Å². The van der Waals surface area contributed by atoms with Crippen LogP contribution in [0.4, 0.5) is 5.69 Å². The number of ether oxygens (including phenoxy) is 1. The van der Waals surface area contributed by atoms with E-state index in [1.807, 2.05) is 0 Å². The van der Waals surface area contributed by atoms with Gasteiger partial charge in [-0.25, -0.2) is 0 Å². The van der Waals surface area contributed by atoms with Gasteiger partial charge in [-0.1, -0.05) is 29.3 Å². The van der Waals surface area contributed by atoms with Crippen molar-refractivity contribution in [3.8, 4) is 0 Å². The molecule has 0 aromatic heterocycles. The third kappa shape index (κ3) is 5.17. The fraction of sp³-hybridized carbons (Fsp3) is 0.609. The minimum atomic E-state index is -1.04. The van der Waals surface area contributed by atoms with Crippen LogP contribution in [0.15, 0.2) is 18.2 Å². The Bertz CT molecular complexity index is 853. The van der Waals surface area contributed by atoms with Gasteiger partial charge in [-0.15, -0.1) is 0 Å². The van der Waals surface area contributed by atoms with Crippen LogP contribution < -0.4 is 10.6 Å². The predicted octanol–water partition coefficient (Wildman–Crippen LogP) is 4.59. The van der Waals surface area contributed by atoms with Gasteiger partial charge >= 0.3 is 5.97 Å². The SMILES string of the molecule is CC(OC(=O)CNC(=O)CC12CC3CC(CC(C3)C1)C2)C(=O)Nc1cccc(Cl)c1Cl. The molecule has 1 aromatic carbocycles. The third-order valence-electron chi connectivity index (χ3n) is 7.02. The van der Waals surface area contributed by atoms with Crippen molar-refractivity contribution in [1.82, 2.24) is 5.32 Å². The molecule has 8 heteroatoms. The molecule has 4 bridgehead atoms. The molecule has 5 rings (SSSR count). The van der Waals surface area contributed by atoms with Crippen LogP contribution in [0.5, 0.6) is 0 Å². The molecule has 2 amide bonds. The lowest BCUT2D eigenvalue weighted by molar-refractivity contribution is -0.153. The Kier molecular flexibility index (Phi) is 6.50. The monoisotopic (exact) mass is 466 g/mol. The standard InChI is InChI=1S/C23H28Cl2N2O4/c1-13(22(30)27-18-4-2-3-17(24)21(18)25)31-20(29)12-26-19(28)11-23-8-14-5-15(9-23)7-16(6-14)10-23/h2-4,13-16H,5-12H2,1H3,(H,26,28)(H,27,30). The highest BCUT2D eigenvalue weighted by Gasteiger charge is 2.51. The van der Waals surface area contributed by atoms with Gasteiger partial charge < -0.3 is 15.4 Å². The van der Waals surface area contributed by atoms with Crippen LogP contribution in [0.3, 0.4) is 0 Å². The van der Waals surface area contributed by atoms with Crippen molar-refractivity contribution in [2.24, 2.45) is 23.2 Å². The number of hydrogen-bond acceptors (Lipinski definition) is 4. The number of carbonyl (C=O) groups excluding carboxylic acids is 3. The van der Waals surface area contributed by atoms with E-state index in [2.05, 4.69) is 10.6 Å². The van der Waals surface area contributed by atoms with E-state index in [4.69, 9.17) is 27.9 Å². The van der Waals surface area contributed by atoms with E-state index in [-0.39, 0.29) is 22.9 Å². The molecule has 0 heterocycles. The summed E-state index contributed by atoms with van der Waals surface area (Å²) in [5.74, 6) is 1.03. The lowest BCUT2D eigenvalue weighted by Gasteiger charge is -2.56. The Morgan fingerprint density at radius 3 is 2.32 bits per heavy atom. The van der Waals surface area contributed by atoms with Crippen molar-refractivity contribution in [2.45, 2.75) is 58.0 Å². The second-order valence-electron chi connectivity index (χ2n) is 9.59. The summed E-state index contributed by atoms with van der Waals surface area (Å²) in [7, 11) is 0. The van der Waals surface area contributed by atoms with E-state index in [0.717, 1.165) is 37.0 Å². The smallest absolute Gasteiger partial charge is 0.326 e. The summed E-state index contributed by atoms with van der Waals surface area (Å²) in [6, 6.07) is 4.86. The highest BCUT2D eigenvalue weighted by molar-refractivity contribution is 6.44. The normalized spacial score (nSPS) is 29.3. The second-order valence-corrected chi connectivity index (χ2v) is 10.4. The first-order chi connectivity index (χ1) is 14.7. The molecule has 0 spiro atoms. The fourth-order valence-electron chi connectivity index (χ4n) is 6.21. The number of benzene rings is 1. The van der Waals surface area contributed by atoms with Crippen molar-refractivity contribution in [2.75, 3.05) is 11.9 Å². The zero-order valence-corrected chi connectivity index (χ0v) is 19.1. The topological polar surface area (TPSA) is 84.5 Å². The zero-order chi connectivity index (χ0) is 22.2. The van der Waals surface area contributed by atoms with Gasteiger partial charge in [0, 0.05) is 6.42 Å². The van der Waals surface area contributed by atoms with Crippen LogP contribution in [0, 0.1) is 23.2 Å². The van der Waals surface area contributed by atoms with Gasteiger partial charge in [0.15, 0.2) is 6.10 Å². The van der Waals surface area contributed by atoms with Gasteiger partial charge in [0.25, 0.3) is 5.91 Å². The second kappa shape index (κ2) is 8.99. The average Bonchev–Trinajstić information content (AvgIpc) is 2.68. The molecule has 4 saturated carbocycles. The quantitative estimate of drug-likeness (QED) is 0.575. The van der Waals surface area contributed by atoms with E-state index in [9.17, 15) is 14.4 Å². The molecule has 168 valence electrons. The maximum atomic E-state index is 12.5. The first-order valence-corrected chi connectivity index (χ1v) is 11.7. The van der Waals surface area contributed by atoms with E-state index in [1.165, 1.54) is 26.2 Å². The van der Waals surface area contributed by atoms with Crippen LogP contribution in [0.25, 0.3) is 0 Å². The predicted molar refractivity (Wildman–Crippen MR) is 119 cm³/mol. The zero-order valence-electron chi connectivity index (χ0n) is 17.6. The maximum absolute atomic E-state index is 12.5. The van der Waals surface area contributed by atoms with Crippen molar-refractivity contribution < 1.29 is 19.1 Å². The summed E-state index contributed by atoms with van der Waals surface area (Å²) >= 11 is 12.0. The highest BCUT2D eigenvalue weighted by atomic mass is 35.5. The molecule has 0 saturated heterocycles. The van der Waals surface area contributed by atoms with Crippen LogP contribution in [-0.2, 0) is 19.1 Å². The van der Waals surface area contributed by atoms with Crippen molar-refractivity contribution in [1.29, 1.82) is 0 Å². The molecule has 6 nitrogen and oxygen atoms in total. The summed E-state index contributed by atoms with van der Waals surface area (Å²) in [6.07, 6.45) is 6.84. The summed E-state index contributed by atoms with van der Waals surface area (Å²) in [4.78, 5) is 37.0. The van der Waals surface area contributed by atoms with Crippen LogP contribution in [-0.4, -0.2) is 30.4 Å². The van der Waals surface area contributed by atoms with Crippen molar-refractivity contribution >= 4 is 46.7 Å². The molecule has 4 fully saturated rings. The fourth-order valence-corrected chi connectivity index (χ4v) is 6.56. The molecule has 4 aliphatic rings. The number of esters is 1. The Morgan fingerprint density at radius 1 is 1.10 bits per heavy atom. The largest absolute Gasteiger partial charge is 0.451 e. The lowest BCUT2D eigenvalue weighted by Crippen LogP contribution is -2.48. The molecule has 4 aliphatic carbocycles. The molecule has 1 unspecified atom stereocenters. The van der Waals surface area contributed by atoms with E-state index >= 15 is 0 Å². The minimum Gasteiger partial charge on any atom is -0.451 e. The van der Waals surface area contributed by atoms with Crippen molar-refractivity contribution in [3.63, 3.8) is 0 Å². The summed E-state index contributed by atoms with van der Waals surface area (Å²) in [5, 5.41) is 5.80. The number of amides is 2. The maximum Gasteiger partial charge on any atom is 0.326 e. The number of halogens is 2. The van der Waals surface area contributed by atoms with Crippen LogP contribution in [0.1, 0.15) is 51.9 Å². The first kappa shape index (κ1) is 22.4. The minimum absolute atomic E-state index is 0.110. The van der Waals surface area contributed by atoms with Crippen LogP contribution in [0.2, 0.25) is 10.0 Å². The van der Waals surface area contributed by atoms with Gasteiger partial charge in [-0.3, -0.25) is 14.4 Å². The molecular formula is C23H28Cl2N2O4. The van der Waals surface area contributed by atoms with Gasteiger partial charge in [-0.05, 0) is 80.8 Å². The average molecular weight is 467 g/mol. The molecule has 0 aliphatic heterocycles. The summed E-state index contributed by atoms with van der Waals surface area (Å²) in [5.41, 5.74) is 0.456. The molecule has 1 aromatic rings. The Labute approximate surface area is 192 Å². The first-order valence-electron chi connectivity index (χ1n) is 10.9. The number of nitrogens with one attached hydrogen (secondary N) is 2. The van der Waals surface area contributed by atoms with E-state index in [0.29, 0.717) is 17.1 Å². The molecule has 2 N–H and O–H groups in total. The van der Waals surface area contributed by atoms with Crippen molar-refractivity contribution in [3.05, 3.63) is 28.2 Å². The van der Waals surface area contributed by atoms with Gasteiger partial charge in [0.05, 0.1) is 15.7 Å². The number of anilines is 1. The Balaban J connectivity index is 1.22. The Morgan fingerprint density at radius 2 is 1.71 bits per heavy atom. The molecular weight excluding hydrogens is 439 g/mol. The third-order valence-corrected chi connectivity index (χ3v) is 7.84.